The maximum absolute atomic E-state index is 11.7. The highest BCUT2D eigenvalue weighted by Gasteiger charge is 2.27. The van der Waals surface area contributed by atoms with E-state index < -0.39 is 0 Å². The SMILES string of the molecule is O=C(CNC1CC(O)C1)NC1CCCCCC1. The summed E-state index contributed by atoms with van der Waals surface area (Å²) in [6, 6.07) is 0.726. The number of carbonyl (C=O) groups excluding carboxylic acids is 1. The average molecular weight is 240 g/mol. The van der Waals surface area contributed by atoms with E-state index >= 15 is 0 Å². The van der Waals surface area contributed by atoms with Gasteiger partial charge in [0.05, 0.1) is 12.6 Å². The molecule has 4 nitrogen and oxygen atoms in total. The van der Waals surface area contributed by atoms with Crippen LogP contribution in [0.5, 0.6) is 0 Å². The van der Waals surface area contributed by atoms with Crippen molar-refractivity contribution < 1.29 is 9.90 Å². The molecule has 0 aromatic rings. The maximum Gasteiger partial charge on any atom is 0.234 e. The predicted molar refractivity (Wildman–Crippen MR) is 66.7 cm³/mol. The number of aliphatic hydroxyl groups excluding tert-OH is 1. The monoisotopic (exact) mass is 240 g/mol. The molecule has 4 heteroatoms. The van der Waals surface area contributed by atoms with E-state index in [4.69, 9.17) is 5.11 Å². The molecule has 0 heterocycles. The number of rotatable bonds is 4. The Morgan fingerprint density at radius 1 is 1.06 bits per heavy atom. The summed E-state index contributed by atoms with van der Waals surface area (Å²) in [6.07, 6.45) is 8.79. The van der Waals surface area contributed by atoms with Crippen molar-refractivity contribution in [2.24, 2.45) is 0 Å². The number of aliphatic hydroxyl groups is 1. The topological polar surface area (TPSA) is 61.4 Å². The lowest BCUT2D eigenvalue weighted by Gasteiger charge is -2.32. The summed E-state index contributed by atoms with van der Waals surface area (Å²) < 4.78 is 0. The first-order chi connectivity index (χ1) is 8.24. The minimum absolute atomic E-state index is 0.110. The van der Waals surface area contributed by atoms with Crippen LogP contribution in [0.15, 0.2) is 0 Å². The van der Waals surface area contributed by atoms with Crippen molar-refractivity contribution >= 4 is 5.91 Å². The number of hydrogen-bond acceptors (Lipinski definition) is 3. The van der Waals surface area contributed by atoms with Gasteiger partial charge < -0.3 is 15.7 Å². The summed E-state index contributed by atoms with van der Waals surface area (Å²) in [5.74, 6) is 0.110. The molecule has 0 aliphatic heterocycles. The molecule has 98 valence electrons. The van der Waals surface area contributed by atoms with Crippen LogP contribution in [0.1, 0.15) is 51.4 Å². The predicted octanol–water partition coefficient (Wildman–Crippen LogP) is 0.938. The summed E-state index contributed by atoms with van der Waals surface area (Å²) in [6.45, 7) is 0.397. The van der Waals surface area contributed by atoms with Crippen LogP contribution in [0.3, 0.4) is 0 Å². The quantitative estimate of drug-likeness (QED) is 0.641. The molecule has 0 spiro atoms. The number of nitrogens with one attached hydrogen (secondary N) is 2. The third kappa shape index (κ3) is 4.28. The number of amides is 1. The van der Waals surface area contributed by atoms with Gasteiger partial charge in [-0.3, -0.25) is 4.79 Å². The van der Waals surface area contributed by atoms with E-state index in [9.17, 15) is 4.79 Å². The lowest BCUT2D eigenvalue weighted by atomic mass is 9.89. The summed E-state index contributed by atoms with van der Waals surface area (Å²) in [5, 5.41) is 15.4. The van der Waals surface area contributed by atoms with Crippen LogP contribution in [0.25, 0.3) is 0 Å². The molecular weight excluding hydrogens is 216 g/mol. The molecule has 0 unspecified atom stereocenters. The molecule has 2 fully saturated rings. The first-order valence-corrected chi connectivity index (χ1v) is 6.95. The van der Waals surface area contributed by atoms with Gasteiger partial charge in [0.2, 0.25) is 5.91 Å². The molecule has 0 radical (unpaired) electrons. The Bertz CT molecular complexity index is 244. The molecule has 2 aliphatic carbocycles. The second kappa shape index (κ2) is 6.36. The molecule has 0 atom stereocenters. The Kier molecular flexibility index (Phi) is 4.80. The van der Waals surface area contributed by atoms with Crippen molar-refractivity contribution in [3.05, 3.63) is 0 Å². The molecule has 0 aromatic heterocycles. The Labute approximate surface area is 103 Å². The van der Waals surface area contributed by atoms with Crippen molar-refractivity contribution in [2.75, 3.05) is 6.54 Å². The van der Waals surface area contributed by atoms with E-state index in [1.165, 1.54) is 25.7 Å². The van der Waals surface area contributed by atoms with Crippen molar-refractivity contribution in [3.8, 4) is 0 Å². The zero-order valence-corrected chi connectivity index (χ0v) is 10.5. The highest BCUT2D eigenvalue weighted by Crippen LogP contribution is 2.19. The van der Waals surface area contributed by atoms with Gasteiger partial charge in [-0.25, -0.2) is 0 Å². The van der Waals surface area contributed by atoms with E-state index in [0.717, 1.165) is 25.7 Å². The van der Waals surface area contributed by atoms with Crippen LogP contribution in [0.2, 0.25) is 0 Å². The zero-order valence-electron chi connectivity index (χ0n) is 10.5. The lowest BCUT2D eigenvalue weighted by molar-refractivity contribution is -0.121. The molecule has 0 bridgehead atoms. The first-order valence-electron chi connectivity index (χ1n) is 6.95. The Morgan fingerprint density at radius 3 is 2.29 bits per heavy atom. The molecule has 2 aliphatic rings. The molecule has 1 amide bonds. The lowest BCUT2D eigenvalue weighted by Crippen LogP contribution is -2.49. The van der Waals surface area contributed by atoms with E-state index in [2.05, 4.69) is 10.6 Å². The summed E-state index contributed by atoms with van der Waals surface area (Å²) in [4.78, 5) is 11.7. The van der Waals surface area contributed by atoms with Crippen molar-refractivity contribution in [2.45, 2.75) is 69.6 Å². The van der Waals surface area contributed by atoms with Crippen LogP contribution in [-0.4, -0.2) is 35.7 Å². The summed E-state index contributed by atoms with van der Waals surface area (Å²) in [7, 11) is 0. The van der Waals surface area contributed by atoms with E-state index in [-0.39, 0.29) is 12.0 Å². The van der Waals surface area contributed by atoms with Crippen molar-refractivity contribution in [3.63, 3.8) is 0 Å². The van der Waals surface area contributed by atoms with Crippen molar-refractivity contribution in [1.82, 2.24) is 10.6 Å². The van der Waals surface area contributed by atoms with E-state index in [0.29, 0.717) is 18.6 Å². The zero-order chi connectivity index (χ0) is 12.1. The Balaban J connectivity index is 1.59. The fourth-order valence-corrected chi connectivity index (χ4v) is 2.69. The van der Waals surface area contributed by atoms with Gasteiger partial charge >= 0.3 is 0 Å². The normalized spacial score (nSPS) is 30.4. The molecule has 3 N–H and O–H groups in total. The van der Waals surface area contributed by atoms with Gasteiger partial charge in [0.25, 0.3) is 0 Å². The smallest absolute Gasteiger partial charge is 0.234 e. The Hall–Kier alpha value is -0.610. The number of hydrogen-bond donors (Lipinski definition) is 3. The molecule has 2 saturated carbocycles. The average Bonchev–Trinajstić information content (AvgIpc) is 2.51. The van der Waals surface area contributed by atoms with Gasteiger partial charge in [-0.1, -0.05) is 25.7 Å². The third-order valence-electron chi connectivity index (χ3n) is 3.88. The molecule has 0 aromatic carbocycles. The molecular formula is C13H24N2O2. The molecule has 0 saturated heterocycles. The molecule has 17 heavy (non-hydrogen) atoms. The van der Waals surface area contributed by atoms with Crippen LogP contribution >= 0.6 is 0 Å². The third-order valence-corrected chi connectivity index (χ3v) is 3.88. The minimum Gasteiger partial charge on any atom is -0.393 e. The second-order valence-electron chi connectivity index (χ2n) is 5.46. The van der Waals surface area contributed by atoms with Gasteiger partial charge in [0.1, 0.15) is 0 Å². The highest BCUT2D eigenvalue weighted by molar-refractivity contribution is 5.78. The largest absolute Gasteiger partial charge is 0.393 e. The van der Waals surface area contributed by atoms with Gasteiger partial charge in [0, 0.05) is 12.1 Å². The van der Waals surface area contributed by atoms with Crippen LogP contribution in [-0.2, 0) is 4.79 Å². The van der Waals surface area contributed by atoms with Crippen LogP contribution < -0.4 is 10.6 Å². The fraction of sp³-hybridized carbons (Fsp3) is 0.923. The van der Waals surface area contributed by atoms with Gasteiger partial charge in [-0.2, -0.15) is 0 Å². The maximum atomic E-state index is 11.7. The van der Waals surface area contributed by atoms with E-state index in [1.807, 2.05) is 0 Å². The summed E-state index contributed by atoms with van der Waals surface area (Å²) in [5.41, 5.74) is 0. The second-order valence-corrected chi connectivity index (χ2v) is 5.46. The van der Waals surface area contributed by atoms with Crippen LogP contribution in [0, 0.1) is 0 Å². The first kappa shape index (κ1) is 12.8. The van der Waals surface area contributed by atoms with E-state index in [1.54, 1.807) is 0 Å². The molecule has 2 rings (SSSR count). The minimum atomic E-state index is -0.155. The fourth-order valence-electron chi connectivity index (χ4n) is 2.69. The Morgan fingerprint density at radius 2 is 1.71 bits per heavy atom. The highest BCUT2D eigenvalue weighted by atomic mass is 16.3. The summed E-state index contributed by atoms with van der Waals surface area (Å²) >= 11 is 0. The van der Waals surface area contributed by atoms with Crippen LogP contribution in [0.4, 0.5) is 0 Å². The van der Waals surface area contributed by atoms with Gasteiger partial charge in [-0.15, -0.1) is 0 Å². The number of carbonyl (C=O) groups is 1. The van der Waals surface area contributed by atoms with Gasteiger partial charge in [-0.05, 0) is 25.7 Å². The van der Waals surface area contributed by atoms with Gasteiger partial charge in [0.15, 0.2) is 0 Å². The standard InChI is InChI=1S/C13H24N2O2/c16-12-7-11(8-12)14-9-13(17)15-10-5-3-1-2-4-6-10/h10-12,14,16H,1-9H2,(H,15,17). The van der Waals surface area contributed by atoms with Crippen molar-refractivity contribution in [1.29, 1.82) is 0 Å².